The SMILES string of the molecule is Cc1ccc(CNC(C(=O)O)c2ccc(O)cc2)cc1. The summed E-state index contributed by atoms with van der Waals surface area (Å²) < 4.78 is 0. The topological polar surface area (TPSA) is 69.6 Å². The van der Waals surface area contributed by atoms with Gasteiger partial charge in [-0.25, -0.2) is 0 Å². The lowest BCUT2D eigenvalue weighted by atomic mass is 10.1. The predicted molar refractivity (Wildman–Crippen MR) is 76.5 cm³/mol. The van der Waals surface area contributed by atoms with Crippen molar-refractivity contribution in [2.75, 3.05) is 0 Å². The molecular formula is C16H17NO3. The Balaban J connectivity index is 2.08. The number of benzene rings is 2. The van der Waals surface area contributed by atoms with Gasteiger partial charge in [0.05, 0.1) is 0 Å². The van der Waals surface area contributed by atoms with Crippen LogP contribution in [0, 0.1) is 6.92 Å². The average molecular weight is 271 g/mol. The molecule has 3 N–H and O–H groups in total. The number of carboxylic acid groups (broad SMARTS) is 1. The molecule has 20 heavy (non-hydrogen) atoms. The first-order chi connectivity index (χ1) is 9.56. The van der Waals surface area contributed by atoms with Crippen molar-refractivity contribution in [1.29, 1.82) is 0 Å². The Kier molecular flexibility index (Phi) is 4.38. The minimum absolute atomic E-state index is 0.122. The molecule has 4 nitrogen and oxygen atoms in total. The number of hydrogen-bond donors (Lipinski definition) is 3. The molecule has 0 spiro atoms. The van der Waals surface area contributed by atoms with Crippen molar-refractivity contribution in [2.24, 2.45) is 0 Å². The summed E-state index contributed by atoms with van der Waals surface area (Å²) >= 11 is 0. The third kappa shape index (κ3) is 3.59. The van der Waals surface area contributed by atoms with Crippen molar-refractivity contribution < 1.29 is 15.0 Å². The largest absolute Gasteiger partial charge is 0.508 e. The van der Waals surface area contributed by atoms with Gasteiger partial charge in [-0.05, 0) is 30.2 Å². The Labute approximate surface area is 117 Å². The average Bonchev–Trinajstić information content (AvgIpc) is 2.43. The van der Waals surface area contributed by atoms with E-state index in [0.29, 0.717) is 12.1 Å². The predicted octanol–water partition coefficient (Wildman–Crippen LogP) is 2.62. The summed E-state index contributed by atoms with van der Waals surface area (Å²) in [5.74, 6) is -0.820. The highest BCUT2D eigenvalue weighted by Gasteiger charge is 2.18. The zero-order chi connectivity index (χ0) is 14.5. The molecule has 104 valence electrons. The minimum Gasteiger partial charge on any atom is -0.508 e. The molecule has 1 unspecified atom stereocenters. The molecule has 0 amide bonds. The van der Waals surface area contributed by atoms with E-state index < -0.39 is 12.0 Å². The van der Waals surface area contributed by atoms with Crippen LogP contribution in [-0.4, -0.2) is 16.2 Å². The van der Waals surface area contributed by atoms with Crippen molar-refractivity contribution in [3.8, 4) is 5.75 Å². The van der Waals surface area contributed by atoms with Crippen LogP contribution in [0.3, 0.4) is 0 Å². The minimum atomic E-state index is -0.942. The van der Waals surface area contributed by atoms with Gasteiger partial charge in [-0.2, -0.15) is 0 Å². The van der Waals surface area contributed by atoms with E-state index in [1.165, 1.54) is 17.7 Å². The molecule has 0 bridgehead atoms. The van der Waals surface area contributed by atoms with Gasteiger partial charge < -0.3 is 10.2 Å². The van der Waals surface area contributed by atoms with E-state index in [1.54, 1.807) is 12.1 Å². The summed E-state index contributed by atoms with van der Waals surface area (Å²) in [5.41, 5.74) is 2.81. The fourth-order valence-corrected chi connectivity index (χ4v) is 1.94. The lowest BCUT2D eigenvalue weighted by Gasteiger charge is -2.15. The molecule has 0 fully saturated rings. The van der Waals surface area contributed by atoms with Crippen LogP contribution in [0.5, 0.6) is 5.75 Å². The van der Waals surface area contributed by atoms with Gasteiger partial charge in [0.25, 0.3) is 0 Å². The van der Waals surface area contributed by atoms with Crippen LogP contribution >= 0.6 is 0 Å². The van der Waals surface area contributed by atoms with Gasteiger partial charge in [-0.15, -0.1) is 0 Å². The second kappa shape index (κ2) is 6.21. The zero-order valence-corrected chi connectivity index (χ0v) is 11.2. The molecule has 0 heterocycles. The van der Waals surface area contributed by atoms with E-state index in [-0.39, 0.29) is 5.75 Å². The number of aliphatic carboxylic acids is 1. The molecule has 2 aromatic rings. The molecule has 0 aliphatic heterocycles. The fourth-order valence-electron chi connectivity index (χ4n) is 1.94. The Bertz CT molecular complexity index is 576. The second-order valence-corrected chi connectivity index (χ2v) is 4.73. The van der Waals surface area contributed by atoms with Crippen molar-refractivity contribution in [3.05, 3.63) is 65.2 Å². The number of carbonyl (C=O) groups is 1. The summed E-state index contributed by atoms with van der Waals surface area (Å²) in [6.45, 7) is 2.48. The number of carboxylic acids is 1. The molecule has 2 rings (SSSR count). The summed E-state index contributed by atoms with van der Waals surface area (Å²) in [5, 5.41) is 21.5. The van der Waals surface area contributed by atoms with Gasteiger partial charge in [-0.3, -0.25) is 10.1 Å². The lowest BCUT2D eigenvalue weighted by molar-refractivity contribution is -0.139. The molecule has 0 aliphatic carbocycles. The molecule has 0 radical (unpaired) electrons. The number of aryl methyl sites for hydroxylation is 1. The monoisotopic (exact) mass is 271 g/mol. The van der Waals surface area contributed by atoms with Crippen LogP contribution in [0.15, 0.2) is 48.5 Å². The molecule has 1 atom stereocenters. The maximum absolute atomic E-state index is 11.3. The van der Waals surface area contributed by atoms with Crippen molar-refractivity contribution in [3.63, 3.8) is 0 Å². The first-order valence-corrected chi connectivity index (χ1v) is 6.37. The molecule has 0 saturated carbocycles. The van der Waals surface area contributed by atoms with E-state index in [0.717, 1.165) is 5.56 Å². The number of rotatable bonds is 5. The summed E-state index contributed by atoms with van der Waals surface area (Å²) in [6.07, 6.45) is 0. The number of aromatic hydroxyl groups is 1. The number of phenolic OH excluding ortho intramolecular Hbond substituents is 1. The van der Waals surface area contributed by atoms with E-state index in [4.69, 9.17) is 0 Å². The molecule has 4 heteroatoms. The number of phenols is 1. The van der Waals surface area contributed by atoms with E-state index >= 15 is 0 Å². The fraction of sp³-hybridized carbons (Fsp3) is 0.188. The van der Waals surface area contributed by atoms with E-state index in [9.17, 15) is 15.0 Å². The Morgan fingerprint density at radius 2 is 1.70 bits per heavy atom. The molecule has 0 aromatic heterocycles. The smallest absolute Gasteiger partial charge is 0.325 e. The number of hydrogen-bond acceptors (Lipinski definition) is 3. The van der Waals surface area contributed by atoms with Crippen LogP contribution in [-0.2, 0) is 11.3 Å². The molecular weight excluding hydrogens is 254 g/mol. The quantitative estimate of drug-likeness (QED) is 0.782. The highest BCUT2D eigenvalue weighted by molar-refractivity contribution is 5.75. The van der Waals surface area contributed by atoms with Gasteiger partial charge in [0.2, 0.25) is 0 Å². The Hall–Kier alpha value is -2.33. The van der Waals surface area contributed by atoms with Crippen molar-refractivity contribution in [2.45, 2.75) is 19.5 Å². The highest BCUT2D eigenvalue weighted by atomic mass is 16.4. The zero-order valence-electron chi connectivity index (χ0n) is 11.2. The van der Waals surface area contributed by atoms with Crippen molar-refractivity contribution in [1.82, 2.24) is 5.32 Å². The Morgan fingerprint density at radius 1 is 1.10 bits per heavy atom. The summed E-state index contributed by atoms with van der Waals surface area (Å²) in [6, 6.07) is 13.3. The highest BCUT2D eigenvalue weighted by Crippen LogP contribution is 2.18. The molecule has 2 aromatic carbocycles. The first kappa shape index (κ1) is 14.1. The molecule has 0 aliphatic rings. The first-order valence-electron chi connectivity index (χ1n) is 6.37. The molecule has 0 saturated heterocycles. The maximum atomic E-state index is 11.3. The third-order valence-electron chi connectivity index (χ3n) is 3.10. The van der Waals surface area contributed by atoms with E-state index in [2.05, 4.69) is 5.32 Å². The van der Waals surface area contributed by atoms with Gasteiger partial charge >= 0.3 is 5.97 Å². The lowest BCUT2D eigenvalue weighted by Crippen LogP contribution is -2.28. The van der Waals surface area contributed by atoms with Gasteiger partial charge in [0.15, 0.2) is 0 Å². The maximum Gasteiger partial charge on any atom is 0.325 e. The Morgan fingerprint density at radius 3 is 2.25 bits per heavy atom. The normalized spacial score (nSPS) is 12.1. The van der Waals surface area contributed by atoms with Crippen molar-refractivity contribution >= 4 is 5.97 Å². The number of nitrogens with one attached hydrogen (secondary N) is 1. The summed E-state index contributed by atoms with van der Waals surface area (Å²) in [4.78, 5) is 11.3. The van der Waals surface area contributed by atoms with Crippen LogP contribution in [0.1, 0.15) is 22.7 Å². The summed E-state index contributed by atoms with van der Waals surface area (Å²) in [7, 11) is 0. The van der Waals surface area contributed by atoms with Crippen LogP contribution in [0.25, 0.3) is 0 Å². The van der Waals surface area contributed by atoms with Crippen LogP contribution in [0.2, 0.25) is 0 Å². The van der Waals surface area contributed by atoms with Crippen LogP contribution < -0.4 is 5.32 Å². The third-order valence-corrected chi connectivity index (χ3v) is 3.10. The van der Waals surface area contributed by atoms with Crippen LogP contribution in [0.4, 0.5) is 0 Å². The van der Waals surface area contributed by atoms with Gasteiger partial charge in [0, 0.05) is 6.54 Å². The van der Waals surface area contributed by atoms with Gasteiger partial charge in [-0.1, -0.05) is 42.0 Å². The standard InChI is InChI=1S/C16H17NO3/c1-11-2-4-12(5-3-11)10-17-15(16(19)20)13-6-8-14(18)9-7-13/h2-9,15,17-18H,10H2,1H3,(H,19,20). The second-order valence-electron chi connectivity index (χ2n) is 4.73. The van der Waals surface area contributed by atoms with E-state index in [1.807, 2.05) is 31.2 Å². The van der Waals surface area contributed by atoms with Gasteiger partial charge in [0.1, 0.15) is 11.8 Å².